The molecule has 0 aromatic heterocycles. The molecule has 0 aliphatic carbocycles. The van der Waals surface area contributed by atoms with Gasteiger partial charge in [0.05, 0.1) is 12.5 Å². The van der Waals surface area contributed by atoms with Crippen molar-refractivity contribution in [1.29, 1.82) is 0 Å². The lowest BCUT2D eigenvalue weighted by molar-refractivity contribution is -0.171. The van der Waals surface area contributed by atoms with E-state index < -0.39 is 23.8 Å². The lowest BCUT2D eigenvalue weighted by Gasteiger charge is -2.10. The third kappa shape index (κ3) is 2.99. The smallest absolute Gasteiger partial charge is 0.319 e. The Bertz CT molecular complexity index is 325. The molecule has 2 atom stereocenters. The highest BCUT2D eigenvalue weighted by Gasteiger charge is 2.24. The van der Waals surface area contributed by atoms with Crippen LogP contribution in [0.15, 0.2) is 24.7 Å². The van der Waals surface area contributed by atoms with E-state index in [1.807, 2.05) is 0 Å². The maximum Gasteiger partial charge on any atom is 0.319 e. The summed E-state index contributed by atoms with van der Waals surface area (Å²) in [7, 11) is 0. The number of esters is 2. The van der Waals surface area contributed by atoms with Crippen molar-refractivity contribution in [1.82, 2.24) is 0 Å². The second-order valence-corrected chi connectivity index (χ2v) is 3.58. The van der Waals surface area contributed by atoms with Crippen LogP contribution in [0.1, 0.15) is 0 Å². The van der Waals surface area contributed by atoms with Gasteiger partial charge in [-0.1, -0.05) is 0 Å². The summed E-state index contributed by atoms with van der Waals surface area (Å²) in [6, 6.07) is 0. The van der Waals surface area contributed by atoms with Crippen LogP contribution in [0.2, 0.25) is 0 Å². The predicted molar refractivity (Wildman–Crippen MR) is 54.2 cm³/mol. The molecule has 6 heteroatoms. The maximum atomic E-state index is 11.4. The number of carbonyl (C=O) groups excluding carboxylic acids is 2. The van der Waals surface area contributed by atoms with Crippen molar-refractivity contribution in [2.45, 2.75) is 0 Å². The minimum absolute atomic E-state index is 0.270. The molecule has 0 aromatic carbocycles. The summed E-state index contributed by atoms with van der Waals surface area (Å²) in [5, 5.41) is 0. The average Bonchev–Trinajstić information content (AvgIpc) is 3.02. The Morgan fingerprint density at radius 1 is 1.00 bits per heavy atom. The summed E-state index contributed by atoms with van der Waals surface area (Å²) in [6.45, 7) is 0.157. The lowest BCUT2D eigenvalue weighted by Crippen LogP contribution is -2.23. The van der Waals surface area contributed by atoms with E-state index in [1.165, 1.54) is 12.5 Å². The van der Waals surface area contributed by atoms with Gasteiger partial charge in [-0.3, -0.25) is 9.59 Å². The normalized spacial score (nSPS) is 25.2. The maximum absolute atomic E-state index is 11.4. The first-order valence-corrected chi connectivity index (χ1v) is 5.17. The van der Waals surface area contributed by atoms with Crippen LogP contribution >= 0.6 is 0 Å². The highest BCUT2D eigenvalue weighted by molar-refractivity contribution is 5.76. The van der Waals surface area contributed by atoms with Gasteiger partial charge in [0.1, 0.15) is 25.0 Å². The summed E-state index contributed by atoms with van der Waals surface area (Å²) in [5.74, 6) is -1.76. The third-order valence-corrected chi connectivity index (χ3v) is 2.37. The molecular weight excluding hydrogens is 228 g/mol. The molecule has 0 bridgehead atoms. The second-order valence-electron chi connectivity index (χ2n) is 3.58. The van der Waals surface area contributed by atoms with Gasteiger partial charge in [0.15, 0.2) is 0 Å². The Morgan fingerprint density at radius 2 is 1.47 bits per heavy atom. The molecule has 2 aliphatic heterocycles. The van der Waals surface area contributed by atoms with Crippen LogP contribution in [-0.4, -0.2) is 31.9 Å². The van der Waals surface area contributed by atoms with Crippen LogP contribution in [0.5, 0.6) is 0 Å². The molecule has 2 unspecified atom stereocenters. The highest BCUT2D eigenvalue weighted by atomic mass is 16.7. The number of rotatable bonds is 4. The molecule has 0 spiro atoms. The fourth-order valence-electron chi connectivity index (χ4n) is 1.38. The van der Waals surface area contributed by atoms with E-state index in [4.69, 9.17) is 18.9 Å². The Labute approximate surface area is 97.8 Å². The SMILES string of the molecule is O=C(OCOC(=O)C1C=COC1)C1C=COC1. The van der Waals surface area contributed by atoms with Gasteiger partial charge in [-0.25, -0.2) is 0 Å². The van der Waals surface area contributed by atoms with Crippen molar-refractivity contribution in [2.24, 2.45) is 11.8 Å². The molecule has 0 amide bonds. The molecule has 0 saturated carbocycles. The zero-order chi connectivity index (χ0) is 12.1. The highest BCUT2D eigenvalue weighted by Crippen LogP contribution is 2.12. The molecule has 0 aromatic rings. The van der Waals surface area contributed by atoms with Crippen molar-refractivity contribution >= 4 is 11.9 Å². The molecule has 2 rings (SSSR count). The van der Waals surface area contributed by atoms with Crippen LogP contribution in [0.3, 0.4) is 0 Å². The van der Waals surface area contributed by atoms with Crippen LogP contribution in [-0.2, 0) is 28.5 Å². The minimum Gasteiger partial charge on any atom is -0.500 e. The van der Waals surface area contributed by atoms with Gasteiger partial charge in [-0.05, 0) is 12.2 Å². The number of carbonyl (C=O) groups is 2. The zero-order valence-corrected chi connectivity index (χ0v) is 9.03. The van der Waals surface area contributed by atoms with E-state index in [0.717, 1.165) is 0 Å². The standard InChI is InChI=1S/C11H12O6/c12-10(8-1-3-14-5-8)16-7-17-11(13)9-2-4-15-6-9/h1-4,8-9H,5-7H2. The first-order valence-electron chi connectivity index (χ1n) is 5.17. The number of ether oxygens (including phenoxy) is 4. The molecule has 92 valence electrons. The van der Waals surface area contributed by atoms with Crippen molar-refractivity contribution in [3.63, 3.8) is 0 Å². The molecule has 17 heavy (non-hydrogen) atoms. The quantitative estimate of drug-likeness (QED) is 0.521. The largest absolute Gasteiger partial charge is 0.500 e. The minimum atomic E-state index is -0.468. The molecule has 2 aliphatic rings. The van der Waals surface area contributed by atoms with Crippen molar-refractivity contribution in [3.8, 4) is 0 Å². The summed E-state index contributed by atoms with van der Waals surface area (Å²) in [4.78, 5) is 22.7. The van der Waals surface area contributed by atoms with Gasteiger partial charge in [0.25, 0.3) is 0 Å². The average molecular weight is 240 g/mol. The Morgan fingerprint density at radius 3 is 1.82 bits per heavy atom. The van der Waals surface area contributed by atoms with Crippen molar-refractivity contribution in [3.05, 3.63) is 24.7 Å². The monoisotopic (exact) mass is 240 g/mol. The van der Waals surface area contributed by atoms with Crippen LogP contribution in [0.4, 0.5) is 0 Å². The van der Waals surface area contributed by atoms with Gasteiger partial charge in [0, 0.05) is 0 Å². The van der Waals surface area contributed by atoms with E-state index >= 15 is 0 Å². The van der Waals surface area contributed by atoms with Crippen molar-refractivity contribution in [2.75, 3.05) is 20.0 Å². The predicted octanol–water partition coefficient (Wildman–Crippen LogP) is 0.350. The fraction of sp³-hybridized carbons (Fsp3) is 0.455. The van der Waals surface area contributed by atoms with Crippen molar-refractivity contribution < 1.29 is 28.5 Å². The van der Waals surface area contributed by atoms with Crippen LogP contribution < -0.4 is 0 Å². The summed E-state index contributed by atoms with van der Waals surface area (Å²) in [5.41, 5.74) is 0. The molecule has 0 radical (unpaired) electrons. The van der Waals surface area contributed by atoms with E-state index in [9.17, 15) is 9.59 Å². The molecule has 0 fully saturated rings. The van der Waals surface area contributed by atoms with Crippen LogP contribution in [0, 0.1) is 11.8 Å². The molecule has 0 saturated heterocycles. The first kappa shape index (κ1) is 11.5. The first-order chi connectivity index (χ1) is 8.27. The molecule has 6 nitrogen and oxygen atoms in total. The fourth-order valence-corrected chi connectivity index (χ4v) is 1.38. The van der Waals surface area contributed by atoms with Gasteiger partial charge >= 0.3 is 11.9 Å². The molecular formula is C11H12O6. The lowest BCUT2D eigenvalue weighted by atomic mass is 10.2. The third-order valence-electron chi connectivity index (χ3n) is 2.37. The van der Waals surface area contributed by atoms with Gasteiger partial charge in [0.2, 0.25) is 6.79 Å². The van der Waals surface area contributed by atoms with E-state index in [1.54, 1.807) is 12.2 Å². The summed E-state index contributed by atoms with van der Waals surface area (Å²) >= 11 is 0. The van der Waals surface area contributed by atoms with Gasteiger partial charge in [-0.2, -0.15) is 0 Å². The zero-order valence-electron chi connectivity index (χ0n) is 9.03. The Kier molecular flexibility index (Phi) is 3.64. The van der Waals surface area contributed by atoms with E-state index in [-0.39, 0.29) is 20.0 Å². The molecule has 0 N–H and O–H groups in total. The van der Waals surface area contributed by atoms with Gasteiger partial charge in [-0.15, -0.1) is 0 Å². The second kappa shape index (κ2) is 5.38. The van der Waals surface area contributed by atoms with E-state index in [0.29, 0.717) is 0 Å². The number of hydrogen-bond acceptors (Lipinski definition) is 6. The van der Waals surface area contributed by atoms with E-state index in [2.05, 4.69) is 0 Å². The summed E-state index contributed by atoms with van der Waals surface area (Å²) < 4.78 is 19.3. The molecule has 2 heterocycles. The van der Waals surface area contributed by atoms with Gasteiger partial charge < -0.3 is 18.9 Å². The Hall–Kier alpha value is -1.98. The number of hydrogen-bond donors (Lipinski definition) is 0. The summed E-state index contributed by atoms with van der Waals surface area (Å²) in [6.07, 6.45) is 6.08. The Balaban J connectivity index is 1.65. The topological polar surface area (TPSA) is 71.1 Å². The van der Waals surface area contributed by atoms with Crippen LogP contribution in [0.25, 0.3) is 0 Å².